The third-order valence-electron chi connectivity index (χ3n) is 4.17. The number of nitrogens with zero attached hydrogens (tertiary/aromatic N) is 1. The summed E-state index contributed by atoms with van der Waals surface area (Å²) in [5.74, 6) is 2.66. The number of ether oxygens (including phenoxy) is 2. The summed E-state index contributed by atoms with van der Waals surface area (Å²) in [6, 6.07) is 16.3. The van der Waals surface area contributed by atoms with Gasteiger partial charge in [0.25, 0.3) is 0 Å². The van der Waals surface area contributed by atoms with Gasteiger partial charge in [-0.05, 0) is 48.6 Å². The first-order valence-electron chi connectivity index (χ1n) is 8.96. The number of aliphatic imine (C=N–C) groups is 1. The molecule has 0 saturated carbocycles. The van der Waals surface area contributed by atoms with Crippen LogP contribution in [0.1, 0.15) is 17.5 Å². The predicted molar refractivity (Wildman–Crippen MR) is 107 cm³/mol. The third kappa shape index (κ3) is 6.31. The Labute approximate surface area is 156 Å². The molecule has 26 heavy (non-hydrogen) atoms. The molecule has 0 unspecified atom stereocenters. The van der Waals surface area contributed by atoms with Gasteiger partial charge in [-0.15, -0.1) is 0 Å². The van der Waals surface area contributed by atoms with Crippen molar-refractivity contribution in [1.82, 2.24) is 10.6 Å². The number of benzene rings is 2. The zero-order valence-electron chi connectivity index (χ0n) is 15.9. The smallest absolute Gasteiger partial charge is 0.190 e. The van der Waals surface area contributed by atoms with Crippen LogP contribution in [0, 0.1) is 0 Å². The zero-order chi connectivity index (χ0) is 18.6. The van der Waals surface area contributed by atoms with Gasteiger partial charge in [-0.3, -0.25) is 4.99 Å². The Hall–Kier alpha value is -2.69. The van der Waals surface area contributed by atoms with Crippen molar-refractivity contribution < 1.29 is 9.47 Å². The van der Waals surface area contributed by atoms with Gasteiger partial charge in [-0.2, -0.15) is 0 Å². The van der Waals surface area contributed by atoms with E-state index in [1.165, 1.54) is 11.1 Å². The van der Waals surface area contributed by atoms with Gasteiger partial charge >= 0.3 is 0 Å². The van der Waals surface area contributed by atoms with Crippen molar-refractivity contribution in [3.63, 3.8) is 0 Å². The van der Waals surface area contributed by atoms with Crippen LogP contribution < -0.4 is 20.1 Å². The second-order valence-corrected chi connectivity index (χ2v) is 5.94. The molecule has 0 aliphatic rings. The summed E-state index contributed by atoms with van der Waals surface area (Å²) in [5.41, 5.74) is 2.47. The summed E-state index contributed by atoms with van der Waals surface area (Å²) in [6.45, 7) is 1.67. The van der Waals surface area contributed by atoms with Crippen LogP contribution in [0.3, 0.4) is 0 Å². The Morgan fingerprint density at radius 1 is 0.923 bits per heavy atom. The summed E-state index contributed by atoms with van der Waals surface area (Å²) in [6.07, 6.45) is 2.91. The van der Waals surface area contributed by atoms with E-state index in [1.807, 2.05) is 30.3 Å². The van der Waals surface area contributed by atoms with Gasteiger partial charge in [0.1, 0.15) is 11.5 Å². The number of para-hydroxylation sites is 1. The molecule has 0 saturated heterocycles. The molecule has 0 aliphatic carbocycles. The van der Waals surface area contributed by atoms with E-state index in [0.717, 1.165) is 49.8 Å². The molecule has 0 atom stereocenters. The molecule has 0 heterocycles. The van der Waals surface area contributed by atoms with Gasteiger partial charge in [-0.25, -0.2) is 0 Å². The molecule has 0 radical (unpaired) electrons. The average molecular weight is 355 g/mol. The minimum Gasteiger partial charge on any atom is -0.497 e. The molecule has 0 bridgehead atoms. The molecule has 2 aromatic carbocycles. The van der Waals surface area contributed by atoms with E-state index in [1.54, 1.807) is 21.3 Å². The first-order valence-corrected chi connectivity index (χ1v) is 8.96. The quantitative estimate of drug-likeness (QED) is 0.412. The maximum Gasteiger partial charge on any atom is 0.190 e. The normalized spacial score (nSPS) is 11.1. The summed E-state index contributed by atoms with van der Waals surface area (Å²) in [7, 11) is 5.19. The highest BCUT2D eigenvalue weighted by molar-refractivity contribution is 5.79. The van der Waals surface area contributed by atoms with Crippen molar-refractivity contribution in [2.24, 2.45) is 4.99 Å². The zero-order valence-corrected chi connectivity index (χ0v) is 15.9. The number of guanidine groups is 1. The lowest BCUT2D eigenvalue weighted by atomic mass is 10.1. The first-order chi connectivity index (χ1) is 12.8. The molecule has 0 amide bonds. The summed E-state index contributed by atoms with van der Waals surface area (Å²) >= 11 is 0. The number of nitrogens with one attached hydrogen (secondary N) is 2. The highest BCUT2D eigenvalue weighted by atomic mass is 16.5. The van der Waals surface area contributed by atoms with Gasteiger partial charge in [0.05, 0.1) is 14.2 Å². The van der Waals surface area contributed by atoms with Crippen LogP contribution in [0.2, 0.25) is 0 Å². The lowest BCUT2D eigenvalue weighted by Crippen LogP contribution is -2.38. The number of rotatable bonds is 9. The fourth-order valence-electron chi connectivity index (χ4n) is 2.77. The molecule has 0 fully saturated rings. The van der Waals surface area contributed by atoms with Crippen molar-refractivity contribution in [3.8, 4) is 11.5 Å². The topological polar surface area (TPSA) is 54.9 Å². The van der Waals surface area contributed by atoms with E-state index in [-0.39, 0.29) is 0 Å². The second-order valence-electron chi connectivity index (χ2n) is 5.94. The molecular formula is C21H29N3O2. The van der Waals surface area contributed by atoms with Crippen LogP contribution >= 0.6 is 0 Å². The maximum atomic E-state index is 5.38. The molecule has 2 rings (SSSR count). The number of hydrogen-bond acceptors (Lipinski definition) is 3. The molecule has 140 valence electrons. The van der Waals surface area contributed by atoms with E-state index in [4.69, 9.17) is 9.47 Å². The highest BCUT2D eigenvalue weighted by Crippen LogP contribution is 2.17. The van der Waals surface area contributed by atoms with Crippen molar-refractivity contribution in [1.29, 1.82) is 0 Å². The largest absolute Gasteiger partial charge is 0.497 e. The number of methoxy groups -OCH3 is 2. The van der Waals surface area contributed by atoms with Crippen molar-refractivity contribution >= 4 is 5.96 Å². The monoisotopic (exact) mass is 355 g/mol. The Kier molecular flexibility index (Phi) is 8.33. The van der Waals surface area contributed by atoms with Crippen molar-refractivity contribution in [2.45, 2.75) is 19.3 Å². The molecule has 5 nitrogen and oxygen atoms in total. The molecule has 0 spiro atoms. The minimum absolute atomic E-state index is 0.802. The van der Waals surface area contributed by atoms with Crippen LogP contribution in [0.25, 0.3) is 0 Å². The number of hydrogen-bond donors (Lipinski definition) is 2. The van der Waals surface area contributed by atoms with Gasteiger partial charge in [0.2, 0.25) is 0 Å². The van der Waals surface area contributed by atoms with Gasteiger partial charge in [0.15, 0.2) is 5.96 Å². The van der Waals surface area contributed by atoms with E-state index < -0.39 is 0 Å². The summed E-state index contributed by atoms with van der Waals surface area (Å²) in [4.78, 5) is 4.28. The van der Waals surface area contributed by atoms with Gasteiger partial charge < -0.3 is 20.1 Å². The lowest BCUT2D eigenvalue weighted by molar-refractivity contribution is 0.409. The molecule has 2 aromatic rings. The fourth-order valence-corrected chi connectivity index (χ4v) is 2.77. The Balaban J connectivity index is 1.69. The Morgan fingerprint density at radius 3 is 2.50 bits per heavy atom. The van der Waals surface area contributed by atoms with Crippen LogP contribution in [-0.4, -0.2) is 40.3 Å². The predicted octanol–water partition coefficient (Wildman–Crippen LogP) is 3.04. The minimum atomic E-state index is 0.802. The number of aryl methyl sites for hydroxylation is 1. The third-order valence-corrected chi connectivity index (χ3v) is 4.17. The standard InChI is InChI=1S/C21H29N3O2/c1-22-21(24-15-13-18-10-4-5-12-20(18)26-3)23-14-7-9-17-8-6-11-19(16-17)25-2/h4-6,8,10-12,16H,7,9,13-15H2,1-3H3,(H2,22,23,24). The van der Waals surface area contributed by atoms with Gasteiger partial charge in [-0.1, -0.05) is 30.3 Å². The Morgan fingerprint density at radius 2 is 1.73 bits per heavy atom. The van der Waals surface area contributed by atoms with E-state index in [2.05, 4.69) is 33.8 Å². The highest BCUT2D eigenvalue weighted by Gasteiger charge is 2.03. The van der Waals surface area contributed by atoms with Crippen LogP contribution in [-0.2, 0) is 12.8 Å². The Bertz CT molecular complexity index is 701. The first kappa shape index (κ1) is 19.6. The molecule has 0 aliphatic heterocycles. The van der Waals surface area contributed by atoms with Crippen LogP contribution in [0.4, 0.5) is 0 Å². The van der Waals surface area contributed by atoms with Crippen LogP contribution in [0.5, 0.6) is 11.5 Å². The van der Waals surface area contributed by atoms with E-state index in [0.29, 0.717) is 0 Å². The molecule has 2 N–H and O–H groups in total. The summed E-state index contributed by atoms with van der Waals surface area (Å²) in [5, 5.41) is 6.71. The average Bonchev–Trinajstić information content (AvgIpc) is 2.70. The maximum absolute atomic E-state index is 5.38. The molecule has 0 aromatic heterocycles. The lowest BCUT2D eigenvalue weighted by Gasteiger charge is -2.13. The molecule has 5 heteroatoms. The fraction of sp³-hybridized carbons (Fsp3) is 0.381. The van der Waals surface area contributed by atoms with Crippen molar-refractivity contribution in [2.75, 3.05) is 34.4 Å². The van der Waals surface area contributed by atoms with Gasteiger partial charge in [0, 0.05) is 20.1 Å². The SMILES string of the molecule is CN=C(NCCCc1cccc(OC)c1)NCCc1ccccc1OC. The summed E-state index contributed by atoms with van der Waals surface area (Å²) < 4.78 is 10.6. The molecular weight excluding hydrogens is 326 g/mol. The van der Waals surface area contributed by atoms with E-state index >= 15 is 0 Å². The van der Waals surface area contributed by atoms with Crippen LogP contribution in [0.15, 0.2) is 53.5 Å². The van der Waals surface area contributed by atoms with Crippen molar-refractivity contribution in [3.05, 3.63) is 59.7 Å². The second kappa shape index (κ2) is 11.0. The van der Waals surface area contributed by atoms with E-state index in [9.17, 15) is 0 Å².